The van der Waals surface area contributed by atoms with Crippen LogP contribution in [0.25, 0.3) is 0 Å². The molecule has 0 aliphatic carbocycles. The van der Waals surface area contributed by atoms with Crippen molar-refractivity contribution in [2.75, 3.05) is 13.6 Å². The first kappa shape index (κ1) is 12.1. The lowest BCUT2D eigenvalue weighted by Gasteiger charge is -2.28. The van der Waals surface area contributed by atoms with Crippen LogP contribution in [0.3, 0.4) is 0 Å². The summed E-state index contributed by atoms with van der Waals surface area (Å²) in [7, 11) is -1.89. The molecule has 0 radical (unpaired) electrons. The van der Waals surface area contributed by atoms with Crippen molar-refractivity contribution in [1.29, 1.82) is 0 Å². The van der Waals surface area contributed by atoms with Crippen LogP contribution in [-0.4, -0.2) is 38.1 Å². The third-order valence-corrected chi connectivity index (χ3v) is 5.17. The molecule has 0 aromatic heterocycles. The van der Waals surface area contributed by atoms with Gasteiger partial charge in [0, 0.05) is 13.6 Å². The van der Waals surface area contributed by atoms with E-state index in [0.717, 1.165) is 6.42 Å². The molecule has 1 heterocycles. The van der Waals surface area contributed by atoms with Crippen LogP contribution in [0.15, 0.2) is 35.2 Å². The van der Waals surface area contributed by atoms with Crippen molar-refractivity contribution in [1.82, 2.24) is 4.90 Å². The Labute approximate surface area is 101 Å². The van der Waals surface area contributed by atoms with E-state index < -0.39 is 15.1 Å². The molecule has 1 fully saturated rings. The fraction of sp³-hybridized carbons (Fsp3) is 0.417. The van der Waals surface area contributed by atoms with Crippen LogP contribution >= 0.6 is 0 Å². The van der Waals surface area contributed by atoms with E-state index in [1.54, 1.807) is 25.2 Å². The highest BCUT2D eigenvalue weighted by Gasteiger charge is 2.37. The van der Waals surface area contributed by atoms with Crippen LogP contribution in [0.1, 0.15) is 12.8 Å². The van der Waals surface area contributed by atoms with Gasteiger partial charge in [0.25, 0.3) is 0 Å². The van der Waals surface area contributed by atoms with Crippen molar-refractivity contribution >= 4 is 15.7 Å². The first-order chi connectivity index (χ1) is 8.03. The summed E-state index contributed by atoms with van der Waals surface area (Å²) >= 11 is 0. The van der Waals surface area contributed by atoms with Gasteiger partial charge in [-0.3, -0.25) is 4.79 Å². The molecule has 1 aliphatic rings. The van der Waals surface area contributed by atoms with Crippen molar-refractivity contribution < 1.29 is 13.2 Å². The average molecular weight is 253 g/mol. The molecule has 1 aromatic rings. The molecule has 0 bridgehead atoms. The summed E-state index contributed by atoms with van der Waals surface area (Å²) in [4.78, 5) is 13.6. The number of piperidine rings is 1. The predicted molar refractivity (Wildman–Crippen MR) is 64.3 cm³/mol. The quantitative estimate of drug-likeness (QED) is 0.792. The van der Waals surface area contributed by atoms with Crippen molar-refractivity contribution in [3.8, 4) is 0 Å². The molecule has 0 saturated carbocycles. The molecule has 4 nitrogen and oxygen atoms in total. The minimum Gasteiger partial charge on any atom is -0.345 e. The second kappa shape index (κ2) is 4.49. The largest absolute Gasteiger partial charge is 0.345 e. The smallest absolute Gasteiger partial charge is 0.241 e. The SMILES string of the molecule is CN1CCCC(S(=O)(=O)c2ccccc2)C1=O. The topological polar surface area (TPSA) is 54.5 Å². The number of benzene rings is 1. The second-order valence-corrected chi connectivity index (χ2v) is 6.38. The number of hydrogen-bond acceptors (Lipinski definition) is 3. The predicted octanol–water partition coefficient (Wildman–Crippen LogP) is 1.08. The van der Waals surface area contributed by atoms with Gasteiger partial charge in [0.2, 0.25) is 5.91 Å². The van der Waals surface area contributed by atoms with Gasteiger partial charge in [-0.1, -0.05) is 18.2 Å². The lowest BCUT2D eigenvalue weighted by molar-refractivity contribution is -0.131. The summed E-state index contributed by atoms with van der Waals surface area (Å²) in [6.07, 6.45) is 1.15. The number of amides is 1. The standard InChI is InChI=1S/C12H15NO3S/c1-13-9-5-8-11(12(13)14)17(15,16)10-6-3-2-4-7-10/h2-4,6-7,11H,5,8-9H2,1H3. The van der Waals surface area contributed by atoms with Crippen LogP contribution in [0.2, 0.25) is 0 Å². The number of sulfone groups is 1. The molecule has 1 amide bonds. The number of hydrogen-bond donors (Lipinski definition) is 0. The van der Waals surface area contributed by atoms with Gasteiger partial charge < -0.3 is 4.90 Å². The van der Waals surface area contributed by atoms with Crippen molar-refractivity contribution in [2.24, 2.45) is 0 Å². The van der Waals surface area contributed by atoms with E-state index in [1.165, 1.54) is 17.0 Å². The van der Waals surface area contributed by atoms with Gasteiger partial charge >= 0.3 is 0 Å². The molecule has 5 heteroatoms. The number of carbonyl (C=O) groups is 1. The summed E-state index contributed by atoms with van der Waals surface area (Å²) in [5.41, 5.74) is 0. The van der Waals surface area contributed by atoms with Crippen LogP contribution < -0.4 is 0 Å². The maximum absolute atomic E-state index is 12.3. The molecule has 0 N–H and O–H groups in total. The molecule has 1 saturated heterocycles. The molecule has 92 valence electrons. The molecule has 17 heavy (non-hydrogen) atoms. The van der Waals surface area contributed by atoms with Gasteiger partial charge in [-0.05, 0) is 25.0 Å². The Hall–Kier alpha value is -1.36. The van der Waals surface area contributed by atoms with Gasteiger partial charge in [-0.2, -0.15) is 0 Å². The van der Waals surface area contributed by atoms with Crippen molar-refractivity contribution in [3.63, 3.8) is 0 Å². The molecule has 1 aliphatic heterocycles. The Bertz CT molecular complexity index is 510. The molecular weight excluding hydrogens is 238 g/mol. The first-order valence-corrected chi connectivity index (χ1v) is 7.12. The lowest BCUT2D eigenvalue weighted by atomic mass is 10.1. The number of carbonyl (C=O) groups excluding carboxylic acids is 1. The van der Waals surface area contributed by atoms with E-state index in [2.05, 4.69) is 0 Å². The zero-order chi connectivity index (χ0) is 12.5. The van der Waals surface area contributed by atoms with Gasteiger partial charge in [-0.25, -0.2) is 8.42 Å². The van der Waals surface area contributed by atoms with E-state index in [9.17, 15) is 13.2 Å². The third-order valence-electron chi connectivity index (χ3n) is 3.06. The summed E-state index contributed by atoms with van der Waals surface area (Å²) in [6.45, 7) is 0.639. The highest BCUT2D eigenvalue weighted by Crippen LogP contribution is 2.23. The van der Waals surface area contributed by atoms with Gasteiger partial charge in [-0.15, -0.1) is 0 Å². The number of rotatable bonds is 2. The maximum atomic E-state index is 12.3. The summed E-state index contributed by atoms with van der Waals surface area (Å²) < 4.78 is 24.6. The van der Waals surface area contributed by atoms with Gasteiger partial charge in [0.05, 0.1) is 4.90 Å². The Balaban J connectivity index is 2.36. The summed E-state index contributed by atoms with van der Waals surface area (Å²) in [5.74, 6) is -0.292. The molecule has 0 spiro atoms. The van der Waals surface area contributed by atoms with E-state index in [1.807, 2.05) is 0 Å². The number of nitrogens with zero attached hydrogens (tertiary/aromatic N) is 1. The molecule has 1 aromatic carbocycles. The Kier molecular flexibility index (Phi) is 3.19. The van der Waals surface area contributed by atoms with Gasteiger partial charge in [0.1, 0.15) is 5.25 Å². The molecule has 1 atom stereocenters. The molecule has 1 unspecified atom stereocenters. The van der Waals surface area contributed by atoms with Crippen LogP contribution in [-0.2, 0) is 14.6 Å². The van der Waals surface area contributed by atoms with E-state index >= 15 is 0 Å². The van der Waals surface area contributed by atoms with Crippen molar-refractivity contribution in [3.05, 3.63) is 30.3 Å². The van der Waals surface area contributed by atoms with Gasteiger partial charge in [0.15, 0.2) is 9.84 Å². The fourth-order valence-corrected chi connectivity index (χ4v) is 3.84. The van der Waals surface area contributed by atoms with Crippen LogP contribution in [0.5, 0.6) is 0 Å². The third kappa shape index (κ3) is 2.20. The Morgan fingerprint density at radius 2 is 1.88 bits per heavy atom. The van der Waals surface area contributed by atoms with Crippen LogP contribution in [0.4, 0.5) is 0 Å². The summed E-state index contributed by atoms with van der Waals surface area (Å²) in [5, 5.41) is -0.913. The zero-order valence-electron chi connectivity index (χ0n) is 9.67. The molecular formula is C12H15NO3S. The lowest BCUT2D eigenvalue weighted by Crippen LogP contribution is -2.45. The minimum atomic E-state index is -3.54. The fourth-order valence-electron chi connectivity index (χ4n) is 2.06. The van der Waals surface area contributed by atoms with E-state index in [0.29, 0.717) is 13.0 Å². The van der Waals surface area contributed by atoms with E-state index in [-0.39, 0.29) is 10.8 Å². The monoisotopic (exact) mass is 253 g/mol. The Morgan fingerprint density at radius 3 is 2.53 bits per heavy atom. The first-order valence-electron chi connectivity index (χ1n) is 5.57. The maximum Gasteiger partial charge on any atom is 0.241 e. The highest BCUT2D eigenvalue weighted by atomic mass is 32.2. The Morgan fingerprint density at radius 1 is 1.24 bits per heavy atom. The minimum absolute atomic E-state index is 0.230. The summed E-state index contributed by atoms with van der Waals surface area (Å²) in [6, 6.07) is 8.18. The second-order valence-electron chi connectivity index (χ2n) is 4.25. The average Bonchev–Trinajstić information content (AvgIpc) is 2.33. The van der Waals surface area contributed by atoms with E-state index in [4.69, 9.17) is 0 Å². The normalized spacial score (nSPS) is 21.6. The van der Waals surface area contributed by atoms with Crippen molar-refractivity contribution in [2.45, 2.75) is 23.0 Å². The highest BCUT2D eigenvalue weighted by molar-refractivity contribution is 7.92. The molecule has 2 rings (SSSR count). The number of likely N-dealkylation sites (tertiary alicyclic amines) is 1. The van der Waals surface area contributed by atoms with Crippen LogP contribution in [0, 0.1) is 0 Å². The zero-order valence-corrected chi connectivity index (χ0v) is 10.5.